The molecule has 110 valence electrons. The molecular weight excluding hydrogens is 372 g/mol. The zero-order valence-electron chi connectivity index (χ0n) is 11.2. The summed E-state index contributed by atoms with van der Waals surface area (Å²) in [5.41, 5.74) is 7.60. The second kappa shape index (κ2) is 7.06. The van der Waals surface area contributed by atoms with Crippen molar-refractivity contribution in [2.45, 2.75) is 19.8 Å². The number of nitrogens with one attached hydrogen (secondary N) is 1. The quantitative estimate of drug-likeness (QED) is 0.773. The van der Waals surface area contributed by atoms with Crippen LogP contribution in [0, 0.1) is 0 Å². The van der Waals surface area contributed by atoms with Crippen LogP contribution in [0.4, 0.5) is 5.69 Å². The van der Waals surface area contributed by atoms with Gasteiger partial charge in [-0.3, -0.25) is 4.79 Å². The maximum absolute atomic E-state index is 12.4. The van der Waals surface area contributed by atoms with Gasteiger partial charge < -0.3 is 11.1 Å². The third kappa shape index (κ3) is 3.84. The maximum atomic E-state index is 12.4. The topological polar surface area (TPSA) is 80.9 Å². The second-order valence-corrected chi connectivity index (χ2v) is 6.42. The van der Waals surface area contributed by atoms with E-state index in [9.17, 15) is 4.79 Å². The van der Waals surface area contributed by atoms with Crippen LogP contribution in [0.25, 0.3) is 0 Å². The number of halogens is 1. The van der Waals surface area contributed by atoms with Gasteiger partial charge in [0.2, 0.25) is 0 Å². The van der Waals surface area contributed by atoms with E-state index in [0.29, 0.717) is 21.8 Å². The molecule has 0 aliphatic heterocycles. The Kier molecular flexibility index (Phi) is 5.38. The number of benzene rings is 1. The molecule has 0 unspecified atom stereocenters. The molecule has 1 heterocycles. The summed E-state index contributed by atoms with van der Waals surface area (Å²) in [5, 5.41) is 6.81. The fourth-order valence-electron chi connectivity index (χ4n) is 1.79. The van der Waals surface area contributed by atoms with Crippen LogP contribution in [0.2, 0.25) is 0 Å². The van der Waals surface area contributed by atoms with Crippen LogP contribution in [-0.4, -0.2) is 20.5 Å². The number of carbonyl (C=O) groups is 1. The molecule has 0 fully saturated rings. The molecule has 1 amide bonds. The molecule has 0 saturated carbocycles. The van der Waals surface area contributed by atoms with Gasteiger partial charge in [-0.15, -0.1) is 5.10 Å². The van der Waals surface area contributed by atoms with E-state index in [-0.39, 0.29) is 10.9 Å². The number of aryl methyl sites for hydroxylation is 1. The maximum Gasteiger partial charge on any atom is 0.269 e. The second-order valence-electron chi connectivity index (χ2n) is 4.31. The summed E-state index contributed by atoms with van der Waals surface area (Å²) >= 11 is 9.46. The summed E-state index contributed by atoms with van der Waals surface area (Å²) in [6.07, 6.45) is 1.63. The van der Waals surface area contributed by atoms with Crippen molar-refractivity contribution < 1.29 is 4.79 Å². The number of nitrogens with two attached hydrogens (primary N) is 1. The summed E-state index contributed by atoms with van der Waals surface area (Å²) in [5.74, 6) is -0.242. The number of nitrogens with zero attached hydrogens (tertiary/aromatic N) is 2. The minimum atomic E-state index is -0.242. The van der Waals surface area contributed by atoms with E-state index in [1.807, 2.05) is 13.0 Å². The predicted octanol–water partition coefficient (Wildman–Crippen LogP) is 3.14. The summed E-state index contributed by atoms with van der Waals surface area (Å²) < 4.78 is 4.69. The van der Waals surface area contributed by atoms with Gasteiger partial charge in [-0.25, -0.2) is 0 Å². The van der Waals surface area contributed by atoms with Crippen molar-refractivity contribution in [3.05, 3.63) is 38.8 Å². The van der Waals surface area contributed by atoms with Gasteiger partial charge in [-0.05, 0) is 36.2 Å². The fraction of sp³-hybridized carbons (Fsp3) is 0.231. The average molecular weight is 385 g/mol. The Bertz CT molecular complexity index is 687. The lowest BCUT2D eigenvalue weighted by Gasteiger charge is -2.10. The molecule has 1 aromatic carbocycles. The number of hydrogen-bond donors (Lipinski definition) is 2. The van der Waals surface area contributed by atoms with Crippen LogP contribution in [0.15, 0.2) is 22.7 Å². The van der Waals surface area contributed by atoms with E-state index in [2.05, 4.69) is 30.8 Å². The molecular formula is C13H13BrN4OS2. The monoisotopic (exact) mass is 384 g/mol. The van der Waals surface area contributed by atoms with Crippen LogP contribution in [0.1, 0.15) is 34.3 Å². The van der Waals surface area contributed by atoms with E-state index >= 15 is 0 Å². The molecule has 1 aromatic heterocycles. The van der Waals surface area contributed by atoms with Crippen molar-refractivity contribution in [2.75, 3.05) is 5.32 Å². The number of aromatic nitrogens is 2. The molecule has 8 heteroatoms. The molecule has 0 spiro atoms. The van der Waals surface area contributed by atoms with Crippen molar-refractivity contribution >= 4 is 56.3 Å². The van der Waals surface area contributed by atoms with Crippen LogP contribution < -0.4 is 11.1 Å². The standard InChI is InChI=1S/C13H13BrN4OS2/c1-2-3-10-11(21-18-17-10)13(19)16-9-5-4-7(14)6-8(9)12(15)20/h4-6H,2-3H2,1H3,(H2,15,20)(H,16,19). The van der Waals surface area contributed by atoms with E-state index in [0.717, 1.165) is 28.8 Å². The summed E-state index contributed by atoms with van der Waals surface area (Å²) in [4.78, 5) is 13.1. The Morgan fingerprint density at radius 2 is 2.29 bits per heavy atom. The molecule has 0 bridgehead atoms. The molecule has 2 rings (SSSR count). The average Bonchev–Trinajstić information content (AvgIpc) is 2.89. The minimum absolute atomic E-state index is 0.225. The van der Waals surface area contributed by atoms with Crippen molar-refractivity contribution in [3.8, 4) is 0 Å². The smallest absolute Gasteiger partial charge is 0.269 e. The zero-order valence-corrected chi connectivity index (χ0v) is 14.4. The SMILES string of the molecule is CCCc1nnsc1C(=O)Nc1ccc(Br)cc1C(N)=S. The number of amides is 1. The van der Waals surface area contributed by atoms with Gasteiger partial charge in [0.1, 0.15) is 9.87 Å². The Balaban J connectivity index is 2.27. The zero-order chi connectivity index (χ0) is 15.4. The van der Waals surface area contributed by atoms with Gasteiger partial charge in [-0.1, -0.05) is 46.0 Å². The van der Waals surface area contributed by atoms with E-state index < -0.39 is 0 Å². The number of carbonyl (C=O) groups excluding carboxylic acids is 1. The van der Waals surface area contributed by atoms with E-state index in [1.165, 1.54) is 0 Å². The third-order valence-electron chi connectivity index (χ3n) is 2.74. The first-order valence-corrected chi connectivity index (χ1v) is 8.22. The largest absolute Gasteiger partial charge is 0.389 e. The van der Waals surface area contributed by atoms with Crippen molar-refractivity contribution in [3.63, 3.8) is 0 Å². The van der Waals surface area contributed by atoms with Gasteiger partial charge in [-0.2, -0.15) is 0 Å². The first-order chi connectivity index (χ1) is 10.0. The molecule has 0 aliphatic carbocycles. The summed E-state index contributed by atoms with van der Waals surface area (Å²) in [6.45, 7) is 2.03. The normalized spacial score (nSPS) is 10.4. The Morgan fingerprint density at radius 3 is 2.95 bits per heavy atom. The lowest BCUT2D eigenvalue weighted by molar-refractivity contribution is 0.102. The minimum Gasteiger partial charge on any atom is -0.389 e. The first-order valence-electron chi connectivity index (χ1n) is 6.24. The highest BCUT2D eigenvalue weighted by atomic mass is 79.9. The highest BCUT2D eigenvalue weighted by Gasteiger charge is 2.17. The van der Waals surface area contributed by atoms with Crippen molar-refractivity contribution in [1.82, 2.24) is 9.59 Å². The highest BCUT2D eigenvalue weighted by molar-refractivity contribution is 9.10. The van der Waals surface area contributed by atoms with E-state index in [4.69, 9.17) is 18.0 Å². The molecule has 21 heavy (non-hydrogen) atoms. The Labute approximate surface area is 140 Å². The molecule has 0 saturated heterocycles. The first kappa shape index (κ1) is 16.0. The van der Waals surface area contributed by atoms with Gasteiger partial charge in [0.25, 0.3) is 5.91 Å². The van der Waals surface area contributed by atoms with Crippen molar-refractivity contribution in [1.29, 1.82) is 0 Å². The van der Waals surface area contributed by atoms with Gasteiger partial charge in [0.15, 0.2) is 0 Å². The summed E-state index contributed by atoms with van der Waals surface area (Å²) in [7, 11) is 0. The molecule has 3 N–H and O–H groups in total. The number of anilines is 1. The third-order valence-corrected chi connectivity index (χ3v) is 4.22. The molecule has 0 atom stereocenters. The summed E-state index contributed by atoms with van der Waals surface area (Å²) in [6, 6.07) is 5.34. The highest BCUT2D eigenvalue weighted by Crippen LogP contribution is 2.23. The van der Waals surface area contributed by atoms with Crippen molar-refractivity contribution in [2.24, 2.45) is 5.73 Å². The van der Waals surface area contributed by atoms with Gasteiger partial charge >= 0.3 is 0 Å². The molecule has 5 nitrogen and oxygen atoms in total. The number of rotatable bonds is 5. The lowest BCUT2D eigenvalue weighted by Crippen LogP contribution is -2.18. The van der Waals surface area contributed by atoms with Gasteiger partial charge in [0, 0.05) is 10.0 Å². The molecule has 0 aliphatic rings. The molecule has 2 aromatic rings. The molecule has 0 radical (unpaired) electrons. The Morgan fingerprint density at radius 1 is 1.52 bits per heavy atom. The van der Waals surface area contributed by atoms with Crippen LogP contribution in [-0.2, 0) is 6.42 Å². The van der Waals surface area contributed by atoms with Gasteiger partial charge in [0.05, 0.1) is 11.4 Å². The number of thiocarbonyl (C=S) groups is 1. The van der Waals surface area contributed by atoms with Crippen LogP contribution >= 0.6 is 39.7 Å². The van der Waals surface area contributed by atoms with E-state index in [1.54, 1.807) is 12.1 Å². The van der Waals surface area contributed by atoms with Crippen LogP contribution in [0.3, 0.4) is 0 Å². The Hall–Kier alpha value is -1.38. The number of hydrogen-bond acceptors (Lipinski definition) is 5. The fourth-order valence-corrected chi connectivity index (χ4v) is 2.92. The lowest BCUT2D eigenvalue weighted by atomic mass is 10.1. The predicted molar refractivity (Wildman–Crippen MR) is 91.9 cm³/mol. The van der Waals surface area contributed by atoms with Crippen LogP contribution in [0.5, 0.6) is 0 Å².